The molecule has 5 heteroatoms. The third kappa shape index (κ3) is 3.80. The first-order valence-electron chi connectivity index (χ1n) is 7.90. The summed E-state index contributed by atoms with van der Waals surface area (Å²) >= 11 is 0. The standard InChI is InChI=1S/C18H20N2O3/c21-17(8-3-10-19-18(22)16-7-4-12-23-16)20-11-9-14-5-1-2-6-15(14)13-20/h1-2,4-7,12H,3,8-11,13H2,(H,19,22). The van der Waals surface area contributed by atoms with Crippen molar-refractivity contribution >= 4 is 11.8 Å². The topological polar surface area (TPSA) is 62.6 Å². The molecule has 0 saturated carbocycles. The van der Waals surface area contributed by atoms with E-state index in [1.165, 1.54) is 17.4 Å². The number of fused-ring (bicyclic) bond motifs is 1. The smallest absolute Gasteiger partial charge is 0.286 e. The van der Waals surface area contributed by atoms with Crippen molar-refractivity contribution in [2.75, 3.05) is 13.1 Å². The Bertz CT molecular complexity index is 679. The van der Waals surface area contributed by atoms with Crippen LogP contribution < -0.4 is 5.32 Å². The number of furan rings is 1. The van der Waals surface area contributed by atoms with Gasteiger partial charge in [-0.05, 0) is 36.1 Å². The zero-order chi connectivity index (χ0) is 16.1. The second-order valence-electron chi connectivity index (χ2n) is 5.67. The van der Waals surface area contributed by atoms with Gasteiger partial charge in [0.2, 0.25) is 5.91 Å². The van der Waals surface area contributed by atoms with Crippen LogP contribution in [0.25, 0.3) is 0 Å². The molecule has 2 aromatic rings. The number of carbonyl (C=O) groups is 2. The van der Waals surface area contributed by atoms with Crippen molar-refractivity contribution in [1.29, 1.82) is 0 Å². The minimum atomic E-state index is -0.241. The molecule has 3 rings (SSSR count). The van der Waals surface area contributed by atoms with E-state index in [2.05, 4.69) is 17.4 Å². The number of hydrogen-bond donors (Lipinski definition) is 1. The van der Waals surface area contributed by atoms with E-state index in [4.69, 9.17) is 4.42 Å². The summed E-state index contributed by atoms with van der Waals surface area (Å²) in [7, 11) is 0. The Morgan fingerprint density at radius 2 is 1.96 bits per heavy atom. The van der Waals surface area contributed by atoms with Crippen LogP contribution in [-0.2, 0) is 17.8 Å². The Morgan fingerprint density at radius 3 is 2.74 bits per heavy atom. The van der Waals surface area contributed by atoms with Gasteiger partial charge in [-0.1, -0.05) is 24.3 Å². The number of nitrogens with one attached hydrogen (secondary N) is 1. The van der Waals surface area contributed by atoms with Crippen LogP contribution in [-0.4, -0.2) is 29.8 Å². The second kappa shape index (κ2) is 7.13. The quantitative estimate of drug-likeness (QED) is 0.862. The summed E-state index contributed by atoms with van der Waals surface area (Å²) in [5.41, 5.74) is 2.57. The summed E-state index contributed by atoms with van der Waals surface area (Å²) in [5.74, 6) is 0.199. The summed E-state index contributed by atoms with van der Waals surface area (Å²) in [6.45, 7) is 1.93. The molecule has 23 heavy (non-hydrogen) atoms. The Kier molecular flexibility index (Phi) is 4.76. The van der Waals surface area contributed by atoms with Gasteiger partial charge in [-0.15, -0.1) is 0 Å². The van der Waals surface area contributed by atoms with Crippen LogP contribution in [0.1, 0.15) is 34.5 Å². The molecule has 0 bridgehead atoms. The lowest BCUT2D eigenvalue weighted by Crippen LogP contribution is -2.36. The molecule has 0 unspecified atom stereocenters. The van der Waals surface area contributed by atoms with Crippen LogP contribution in [0.4, 0.5) is 0 Å². The van der Waals surface area contributed by atoms with Crippen LogP contribution in [0.15, 0.2) is 47.1 Å². The molecule has 1 aromatic heterocycles. The molecule has 1 aliphatic heterocycles. The lowest BCUT2D eigenvalue weighted by atomic mass is 9.99. The predicted molar refractivity (Wildman–Crippen MR) is 85.8 cm³/mol. The van der Waals surface area contributed by atoms with Crippen molar-refractivity contribution in [3.8, 4) is 0 Å². The van der Waals surface area contributed by atoms with Gasteiger partial charge in [0.1, 0.15) is 0 Å². The molecule has 1 aromatic carbocycles. The number of amides is 2. The molecule has 5 nitrogen and oxygen atoms in total. The van der Waals surface area contributed by atoms with E-state index in [0.29, 0.717) is 31.7 Å². The Hall–Kier alpha value is -2.56. The van der Waals surface area contributed by atoms with Crippen LogP contribution >= 0.6 is 0 Å². The van der Waals surface area contributed by atoms with E-state index in [1.54, 1.807) is 12.1 Å². The average Bonchev–Trinajstić information content (AvgIpc) is 3.12. The molecule has 0 fully saturated rings. The fourth-order valence-electron chi connectivity index (χ4n) is 2.80. The predicted octanol–water partition coefficient (Wildman–Crippen LogP) is 2.37. The zero-order valence-electron chi connectivity index (χ0n) is 13.0. The van der Waals surface area contributed by atoms with Crippen molar-refractivity contribution in [3.63, 3.8) is 0 Å². The zero-order valence-corrected chi connectivity index (χ0v) is 13.0. The molecule has 0 aliphatic carbocycles. The number of hydrogen-bond acceptors (Lipinski definition) is 3. The summed E-state index contributed by atoms with van der Waals surface area (Å²) in [5, 5.41) is 2.76. The lowest BCUT2D eigenvalue weighted by Gasteiger charge is -2.29. The Labute approximate surface area is 135 Å². The molecule has 0 spiro atoms. The third-order valence-corrected chi connectivity index (χ3v) is 4.08. The monoisotopic (exact) mass is 312 g/mol. The van der Waals surface area contributed by atoms with Gasteiger partial charge in [0.15, 0.2) is 5.76 Å². The van der Waals surface area contributed by atoms with Crippen LogP contribution in [0.5, 0.6) is 0 Å². The van der Waals surface area contributed by atoms with E-state index < -0.39 is 0 Å². The lowest BCUT2D eigenvalue weighted by molar-refractivity contribution is -0.132. The third-order valence-electron chi connectivity index (χ3n) is 4.08. The molecule has 0 radical (unpaired) electrons. The maximum atomic E-state index is 12.3. The minimum absolute atomic E-state index is 0.145. The largest absolute Gasteiger partial charge is 0.459 e. The van der Waals surface area contributed by atoms with Gasteiger partial charge in [0, 0.05) is 26.1 Å². The summed E-state index contributed by atoms with van der Waals surface area (Å²) in [6.07, 6.45) is 3.45. The average molecular weight is 312 g/mol. The van der Waals surface area contributed by atoms with Gasteiger partial charge in [-0.3, -0.25) is 9.59 Å². The first kappa shape index (κ1) is 15.3. The van der Waals surface area contributed by atoms with Crippen LogP contribution in [0.3, 0.4) is 0 Å². The highest BCUT2D eigenvalue weighted by Crippen LogP contribution is 2.19. The van der Waals surface area contributed by atoms with Gasteiger partial charge in [0.25, 0.3) is 5.91 Å². The molecule has 0 saturated heterocycles. The number of nitrogens with zero attached hydrogens (tertiary/aromatic N) is 1. The van der Waals surface area contributed by atoms with Crippen LogP contribution in [0.2, 0.25) is 0 Å². The summed E-state index contributed by atoms with van der Waals surface area (Å²) < 4.78 is 5.01. The molecular weight excluding hydrogens is 292 g/mol. The van der Waals surface area contributed by atoms with E-state index in [0.717, 1.165) is 13.0 Å². The van der Waals surface area contributed by atoms with Crippen molar-refractivity contribution in [2.45, 2.75) is 25.8 Å². The first-order valence-corrected chi connectivity index (χ1v) is 7.90. The normalized spacial score (nSPS) is 13.5. The highest BCUT2D eigenvalue weighted by molar-refractivity contribution is 5.91. The summed E-state index contributed by atoms with van der Waals surface area (Å²) in [4.78, 5) is 25.9. The van der Waals surface area contributed by atoms with Crippen molar-refractivity contribution in [1.82, 2.24) is 10.2 Å². The maximum absolute atomic E-state index is 12.3. The SMILES string of the molecule is O=C(NCCCC(=O)N1CCc2ccccc2C1)c1ccco1. The molecule has 1 N–H and O–H groups in total. The number of rotatable bonds is 5. The van der Waals surface area contributed by atoms with Crippen molar-refractivity contribution in [2.24, 2.45) is 0 Å². The van der Waals surface area contributed by atoms with E-state index in [1.807, 2.05) is 17.0 Å². The first-order chi connectivity index (χ1) is 11.2. The van der Waals surface area contributed by atoms with E-state index >= 15 is 0 Å². The van der Waals surface area contributed by atoms with Gasteiger partial charge in [-0.2, -0.15) is 0 Å². The molecule has 0 atom stereocenters. The van der Waals surface area contributed by atoms with Gasteiger partial charge >= 0.3 is 0 Å². The highest BCUT2D eigenvalue weighted by Gasteiger charge is 2.19. The van der Waals surface area contributed by atoms with E-state index in [-0.39, 0.29) is 11.8 Å². The molecule has 1 aliphatic rings. The van der Waals surface area contributed by atoms with E-state index in [9.17, 15) is 9.59 Å². The minimum Gasteiger partial charge on any atom is -0.459 e. The number of benzene rings is 1. The Balaban J connectivity index is 1.41. The highest BCUT2D eigenvalue weighted by atomic mass is 16.3. The van der Waals surface area contributed by atoms with Crippen molar-refractivity contribution in [3.05, 3.63) is 59.5 Å². The Morgan fingerprint density at radius 1 is 1.13 bits per heavy atom. The van der Waals surface area contributed by atoms with Gasteiger partial charge < -0.3 is 14.6 Å². The van der Waals surface area contributed by atoms with Gasteiger partial charge in [0.05, 0.1) is 6.26 Å². The second-order valence-corrected chi connectivity index (χ2v) is 5.67. The number of carbonyl (C=O) groups excluding carboxylic acids is 2. The fraction of sp³-hybridized carbons (Fsp3) is 0.333. The maximum Gasteiger partial charge on any atom is 0.286 e. The summed E-state index contributed by atoms with van der Waals surface area (Å²) in [6, 6.07) is 11.5. The van der Waals surface area contributed by atoms with Gasteiger partial charge in [-0.25, -0.2) is 0 Å². The van der Waals surface area contributed by atoms with Crippen LogP contribution in [0, 0.1) is 0 Å². The molecular formula is C18H20N2O3. The van der Waals surface area contributed by atoms with Crippen molar-refractivity contribution < 1.29 is 14.0 Å². The fourth-order valence-corrected chi connectivity index (χ4v) is 2.80. The molecule has 2 amide bonds. The molecule has 2 heterocycles. The molecule has 120 valence electrons.